The Morgan fingerprint density at radius 1 is 1.20 bits per heavy atom. The predicted octanol–water partition coefficient (Wildman–Crippen LogP) is 6.67. The fourth-order valence-corrected chi connectivity index (χ4v) is 4.22. The van der Waals surface area contributed by atoms with E-state index in [1.165, 1.54) is 11.3 Å². The number of anilines is 2. The highest BCUT2D eigenvalue weighted by atomic mass is 35.5. The SMILES string of the molecule is CC1CNc2ccccc2N1C(=O)c1sccc1Oc1ccc(C(F)(F)F)cc1Cl. The number of fused-ring (bicyclic) bond motifs is 1. The number of halogens is 4. The van der Waals surface area contributed by atoms with Crippen LogP contribution >= 0.6 is 22.9 Å². The molecule has 1 atom stereocenters. The number of carbonyl (C=O) groups is 1. The number of carbonyl (C=O) groups excluding carboxylic acids is 1. The van der Waals surface area contributed by atoms with E-state index in [4.69, 9.17) is 16.3 Å². The van der Waals surface area contributed by atoms with Crippen molar-refractivity contribution in [1.82, 2.24) is 0 Å². The standard InChI is InChI=1S/C21H16ClF3N2O2S/c1-12-11-26-15-4-2-3-5-16(15)27(12)20(28)19-18(8-9-30-19)29-17-7-6-13(10-14(17)22)21(23,24)25/h2-10,12,26H,11H2,1H3. The molecule has 1 aromatic heterocycles. The minimum atomic E-state index is -4.50. The van der Waals surface area contributed by atoms with E-state index < -0.39 is 11.7 Å². The molecule has 2 heterocycles. The molecule has 4 rings (SSSR count). The molecular weight excluding hydrogens is 437 g/mol. The molecule has 0 fully saturated rings. The van der Waals surface area contributed by atoms with Crippen LogP contribution in [-0.2, 0) is 6.18 Å². The molecule has 1 aliphatic heterocycles. The van der Waals surface area contributed by atoms with Gasteiger partial charge in [-0.05, 0) is 48.7 Å². The monoisotopic (exact) mass is 452 g/mol. The topological polar surface area (TPSA) is 41.6 Å². The van der Waals surface area contributed by atoms with Gasteiger partial charge in [-0.15, -0.1) is 11.3 Å². The number of rotatable bonds is 3. The van der Waals surface area contributed by atoms with E-state index in [0.29, 0.717) is 11.4 Å². The molecule has 1 aliphatic rings. The average molecular weight is 453 g/mol. The highest BCUT2D eigenvalue weighted by Crippen LogP contribution is 2.40. The minimum absolute atomic E-state index is 0.0471. The van der Waals surface area contributed by atoms with Crippen molar-refractivity contribution in [2.45, 2.75) is 19.1 Å². The Bertz CT molecular complexity index is 1100. The number of hydrogen-bond acceptors (Lipinski definition) is 4. The van der Waals surface area contributed by atoms with Crippen LogP contribution in [-0.4, -0.2) is 18.5 Å². The Morgan fingerprint density at radius 3 is 2.70 bits per heavy atom. The fraction of sp³-hybridized carbons (Fsp3) is 0.190. The van der Waals surface area contributed by atoms with Gasteiger partial charge in [-0.25, -0.2) is 0 Å². The maximum absolute atomic E-state index is 13.4. The normalized spacial score (nSPS) is 16.0. The molecule has 30 heavy (non-hydrogen) atoms. The zero-order valence-corrected chi connectivity index (χ0v) is 17.2. The zero-order chi connectivity index (χ0) is 21.5. The molecule has 0 saturated carbocycles. The van der Waals surface area contributed by atoms with Gasteiger partial charge >= 0.3 is 6.18 Å². The number of ether oxygens (including phenoxy) is 1. The maximum Gasteiger partial charge on any atom is 0.416 e. The Labute approximate surface area is 179 Å². The van der Waals surface area contributed by atoms with Crippen LogP contribution in [0.2, 0.25) is 5.02 Å². The summed E-state index contributed by atoms with van der Waals surface area (Å²) >= 11 is 7.20. The van der Waals surface area contributed by atoms with Crippen molar-refractivity contribution in [3.8, 4) is 11.5 Å². The summed E-state index contributed by atoms with van der Waals surface area (Å²) in [4.78, 5) is 15.4. The van der Waals surface area contributed by atoms with Crippen molar-refractivity contribution in [3.05, 3.63) is 69.4 Å². The summed E-state index contributed by atoms with van der Waals surface area (Å²) in [6.07, 6.45) is -4.50. The van der Waals surface area contributed by atoms with Crippen molar-refractivity contribution in [1.29, 1.82) is 0 Å². The summed E-state index contributed by atoms with van der Waals surface area (Å²) < 4.78 is 44.3. The number of nitrogens with zero attached hydrogens (tertiary/aromatic N) is 1. The van der Waals surface area contributed by atoms with E-state index in [1.54, 1.807) is 16.3 Å². The summed E-state index contributed by atoms with van der Waals surface area (Å²) in [5, 5.41) is 4.80. The average Bonchev–Trinajstić information content (AvgIpc) is 3.16. The molecule has 9 heteroatoms. The quantitative estimate of drug-likeness (QED) is 0.482. The minimum Gasteiger partial charge on any atom is -0.454 e. The van der Waals surface area contributed by atoms with Gasteiger partial charge in [0.25, 0.3) is 5.91 Å². The van der Waals surface area contributed by atoms with Gasteiger partial charge < -0.3 is 15.0 Å². The maximum atomic E-state index is 13.4. The Kier molecular flexibility index (Phi) is 5.38. The van der Waals surface area contributed by atoms with Crippen LogP contribution in [0.25, 0.3) is 0 Å². The lowest BCUT2D eigenvalue weighted by Gasteiger charge is -2.35. The van der Waals surface area contributed by atoms with Crippen molar-refractivity contribution in [2.24, 2.45) is 0 Å². The Balaban J connectivity index is 1.64. The smallest absolute Gasteiger partial charge is 0.416 e. The molecular formula is C21H16ClF3N2O2S. The highest BCUT2D eigenvalue weighted by molar-refractivity contribution is 7.12. The van der Waals surface area contributed by atoms with Crippen molar-refractivity contribution in [2.75, 3.05) is 16.8 Å². The summed E-state index contributed by atoms with van der Waals surface area (Å²) in [6.45, 7) is 2.52. The van der Waals surface area contributed by atoms with E-state index in [-0.39, 0.29) is 28.5 Å². The molecule has 0 spiro atoms. The molecule has 2 aromatic carbocycles. The summed E-state index contributed by atoms with van der Waals surface area (Å²) in [5.74, 6) is 0.0465. The molecule has 0 bridgehead atoms. The zero-order valence-electron chi connectivity index (χ0n) is 15.7. The largest absolute Gasteiger partial charge is 0.454 e. The number of nitrogens with one attached hydrogen (secondary N) is 1. The summed E-state index contributed by atoms with van der Waals surface area (Å²) in [5.41, 5.74) is 0.745. The first-order valence-electron chi connectivity index (χ1n) is 9.04. The first-order valence-corrected chi connectivity index (χ1v) is 10.3. The molecule has 1 unspecified atom stereocenters. The molecule has 0 aliphatic carbocycles. The van der Waals surface area contributed by atoms with Crippen LogP contribution < -0.4 is 15.0 Å². The molecule has 3 aromatic rings. The van der Waals surface area contributed by atoms with E-state index in [9.17, 15) is 18.0 Å². The third kappa shape index (κ3) is 3.85. The number of benzene rings is 2. The molecule has 0 saturated heterocycles. The van der Waals surface area contributed by atoms with E-state index in [0.717, 1.165) is 29.6 Å². The molecule has 0 radical (unpaired) electrons. The van der Waals surface area contributed by atoms with Crippen LogP contribution in [0.1, 0.15) is 22.2 Å². The van der Waals surface area contributed by atoms with Gasteiger partial charge in [0.2, 0.25) is 0 Å². The van der Waals surface area contributed by atoms with Gasteiger partial charge in [0.1, 0.15) is 10.6 Å². The van der Waals surface area contributed by atoms with Crippen LogP contribution in [0.15, 0.2) is 53.9 Å². The second-order valence-corrected chi connectivity index (χ2v) is 8.10. The second kappa shape index (κ2) is 7.85. The third-order valence-corrected chi connectivity index (χ3v) is 5.89. The van der Waals surface area contributed by atoms with Gasteiger partial charge in [-0.3, -0.25) is 4.79 Å². The van der Waals surface area contributed by atoms with Crippen LogP contribution in [0.3, 0.4) is 0 Å². The van der Waals surface area contributed by atoms with E-state index in [1.807, 2.05) is 31.2 Å². The Hall–Kier alpha value is -2.71. The first-order chi connectivity index (χ1) is 14.3. The van der Waals surface area contributed by atoms with Crippen LogP contribution in [0, 0.1) is 0 Å². The highest BCUT2D eigenvalue weighted by Gasteiger charge is 2.33. The molecule has 1 N–H and O–H groups in total. The molecule has 1 amide bonds. The van der Waals surface area contributed by atoms with Gasteiger partial charge in [-0.2, -0.15) is 13.2 Å². The van der Waals surface area contributed by atoms with Gasteiger partial charge in [0.05, 0.1) is 28.0 Å². The number of para-hydroxylation sites is 2. The molecule has 156 valence electrons. The van der Waals surface area contributed by atoms with Crippen molar-refractivity contribution in [3.63, 3.8) is 0 Å². The van der Waals surface area contributed by atoms with Gasteiger partial charge in [0, 0.05) is 6.54 Å². The predicted molar refractivity (Wildman–Crippen MR) is 112 cm³/mol. The molecule has 4 nitrogen and oxygen atoms in total. The number of alkyl halides is 3. The van der Waals surface area contributed by atoms with Crippen molar-refractivity contribution < 1.29 is 22.7 Å². The lowest BCUT2D eigenvalue weighted by Crippen LogP contribution is -2.45. The van der Waals surface area contributed by atoms with E-state index in [2.05, 4.69) is 5.32 Å². The van der Waals surface area contributed by atoms with Gasteiger partial charge in [0.15, 0.2) is 5.75 Å². The first kappa shape index (κ1) is 20.6. The van der Waals surface area contributed by atoms with Crippen LogP contribution in [0.5, 0.6) is 11.5 Å². The third-order valence-electron chi connectivity index (χ3n) is 4.71. The van der Waals surface area contributed by atoms with Crippen molar-refractivity contribution >= 4 is 40.2 Å². The van der Waals surface area contributed by atoms with Crippen LogP contribution in [0.4, 0.5) is 24.5 Å². The lowest BCUT2D eigenvalue weighted by molar-refractivity contribution is -0.137. The number of amides is 1. The Morgan fingerprint density at radius 2 is 1.97 bits per heavy atom. The number of thiophene rings is 1. The lowest BCUT2D eigenvalue weighted by atomic mass is 10.1. The second-order valence-electron chi connectivity index (χ2n) is 6.78. The summed E-state index contributed by atoms with van der Waals surface area (Å²) in [7, 11) is 0. The summed E-state index contributed by atoms with van der Waals surface area (Å²) in [6, 6.07) is 11.8. The van der Waals surface area contributed by atoms with E-state index >= 15 is 0 Å². The van der Waals surface area contributed by atoms with Gasteiger partial charge in [-0.1, -0.05) is 23.7 Å². The number of hydrogen-bond donors (Lipinski definition) is 1. The fourth-order valence-electron chi connectivity index (χ4n) is 3.25.